The van der Waals surface area contributed by atoms with Crippen molar-refractivity contribution in [1.29, 1.82) is 5.41 Å². The number of hydrogen-bond acceptors (Lipinski definition) is 6. The van der Waals surface area contributed by atoms with Gasteiger partial charge in [-0.15, -0.1) is 0 Å². The zero-order chi connectivity index (χ0) is 25.1. The van der Waals surface area contributed by atoms with Crippen LogP contribution in [0.1, 0.15) is 83.8 Å². The number of esters is 1. The Hall–Kier alpha value is -2.89. The molecule has 0 aliphatic heterocycles. The summed E-state index contributed by atoms with van der Waals surface area (Å²) in [6, 6.07) is 3.83. The van der Waals surface area contributed by atoms with Crippen molar-refractivity contribution in [3.8, 4) is 5.75 Å². The fourth-order valence-corrected chi connectivity index (χ4v) is 3.80. The number of phenols is 1. The number of aromatic hydroxyl groups is 1. The molecule has 0 fully saturated rings. The molecule has 0 saturated heterocycles. The number of aryl methyl sites for hydroxylation is 1. The van der Waals surface area contributed by atoms with Gasteiger partial charge in [0.05, 0.1) is 12.3 Å². The molecule has 0 radical (unpaired) electrons. The van der Waals surface area contributed by atoms with Gasteiger partial charge in [0.2, 0.25) is 0 Å². The first-order chi connectivity index (χ1) is 16.1. The standard InChI is InChI=1S/C28H41N3O3/c1-6-7-8-9-10-13-18-34-26(32)17-16-21-19-22(28(2,3)4)27(33)25(20-21)31(5)30-24-15-12-11-14-23(24)29/h11-12,14-15,19-20,29,33H,6-10,13,16-18H2,1-5H3/b29-23?,30-24-. The van der Waals surface area contributed by atoms with Gasteiger partial charge in [0.25, 0.3) is 0 Å². The molecule has 1 aromatic carbocycles. The van der Waals surface area contributed by atoms with Crippen LogP contribution < -0.4 is 5.01 Å². The highest BCUT2D eigenvalue weighted by atomic mass is 16.5. The molecule has 0 amide bonds. The Balaban J connectivity index is 2.07. The number of ether oxygens (including phenoxy) is 1. The average molecular weight is 468 g/mol. The van der Waals surface area contributed by atoms with Crippen molar-refractivity contribution in [3.63, 3.8) is 0 Å². The lowest BCUT2D eigenvalue weighted by molar-refractivity contribution is -0.143. The van der Waals surface area contributed by atoms with Gasteiger partial charge in [-0.2, -0.15) is 5.10 Å². The Morgan fingerprint density at radius 2 is 1.76 bits per heavy atom. The second-order valence-electron chi connectivity index (χ2n) is 9.89. The number of allylic oxidation sites excluding steroid dienone is 4. The Bertz CT molecular complexity index is 939. The number of carbonyl (C=O) groups excluding carboxylic acids is 1. The second-order valence-corrected chi connectivity index (χ2v) is 9.89. The van der Waals surface area contributed by atoms with Crippen molar-refractivity contribution < 1.29 is 14.6 Å². The van der Waals surface area contributed by atoms with Crippen molar-refractivity contribution in [3.05, 3.63) is 47.6 Å². The molecule has 1 aliphatic carbocycles. The third kappa shape index (κ3) is 8.47. The Labute approximate surface area is 204 Å². The normalized spacial score (nSPS) is 14.6. The minimum absolute atomic E-state index is 0.163. The number of hydrazone groups is 1. The molecule has 186 valence electrons. The van der Waals surface area contributed by atoms with Gasteiger partial charge in [0.15, 0.2) is 0 Å². The van der Waals surface area contributed by atoms with Crippen LogP contribution in [0.3, 0.4) is 0 Å². The minimum atomic E-state index is -0.290. The smallest absolute Gasteiger partial charge is 0.306 e. The van der Waals surface area contributed by atoms with Gasteiger partial charge in [-0.25, -0.2) is 0 Å². The van der Waals surface area contributed by atoms with Crippen molar-refractivity contribution in [1.82, 2.24) is 0 Å². The summed E-state index contributed by atoms with van der Waals surface area (Å²) in [5.41, 5.74) is 2.82. The van der Waals surface area contributed by atoms with E-state index in [-0.39, 0.29) is 17.1 Å². The van der Waals surface area contributed by atoms with E-state index in [4.69, 9.17) is 10.1 Å². The molecule has 34 heavy (non-hydrogen) atoms. The summed E-state index contributed by atoms with van der Waals surface area (Å²) in [7, 11) is 1.76. The van der Waals surface area contributed by atoms with Crippen LogP contribution in [0.2, 0.25) is 0 Å². The second kappa shape index (κ2) is 13.1. The van der Waals surface area contributed by atoms with E-state index in [1.54, 1.807) is 30.3 Å². The van der Waals surface area contributed by atoms with Crippen LogP contribution in [0.25, 0.3) is 0 Å². The molecule has 6 heteroatoms. The van der Waals surface area contributed by atoms with Crippen LogP contribution in [-0.2, 0) is 21.4 Å². The summed E-state index contributed by atoms with van der Waals surface area (Å²) in [6.45, 7) is 8.81. The van der Waals surface area contributed by atoms with Crippen LogP contribution in [0.4, 0.5) is 5.69 Å². The Morgan fingerprint density at radius 1 is 1.09 bits per heavy atom. The van der Waals surface area contributed by atoms with E-state index in [1.165, 1.54) is 25.7 Å². The maximum Gasteiger partial charge on any atom is 0.306 e. The number of nitrogens with zero attached hydrogens (tertiary/aromatic N) is 2. The molecule has 0 atom stereocenters. The quantitative estimate of drug-likeness (QED) is 0.160. The van der Waals surface area contributed by atoms with Gasteiger partial charge in [0.1, 0.15) is 17.1 Å². The largest absolute Gasteiger partial charge is 0.505 e. The molecule has 2 N–H and O–H groups in total. The monoisotopic (exact) mass is 467 g/mol. The van der Waals surface area contributed by atoms with Gasteiger partial charge >= 0.3 is 5.97 Å². The average Bonchev–Trinajstić information content (AvgIpc) is 2.78. The van der Waals surface area contributed by atoms with E-state index in [9.17, 15) is 9.90 Å². The van der Waals surface area contributed by atoms with E-state index in [2.05, 4.69) is 12.0 Å². The third-order valence-corrected chi connectivity index (χ3v) is 5.85. The number of hydrogen-bond donors (Lipinski definition) is 2. The summed E-state index contributed by atoms with van der Waals surface area (Å²) < 4.78 is 5.42. The zero-order valence-corrected chi connectivity index (χ0v) is 21.5. The Kier molecular flexibility index (Phi) is 10.6. The number of carbonyl (C=O) groups is 1. The van der Waals surface area contributed by atoms with E-state index < -0.39 is 0 Å². The van der Waals surface area contributed by atoms with Crippen LogP contribution in [0, 0.1) is 5.41 Å². The van der Waals surface area contributed by atoms with Crippen molar-refractivity contribution in [2.75, 3.05) is 18.7 Å². The summed E-state index contributed by atoms with van der Waals surface area (Å²) in [6.07, 6.45) is 14.8. The number of benzene rings is 1. The van der Waals surface area contributed by atoms with Crippen LogP contribution in [0.5, 0.6) is 5.75 Å². The maximum absolute atomic E-state index is 12.3. The van der Waals surface area contributed by atoms with Gasteiger partial charge in [-0.3, -0.25) is 15.2 Å². The lowest BCUT2D eigenvalue weighted by Crippen LogP contribution is -2.20. The molecule has 0 heterocycles. The van der Waals surface area contributed by atoms with Gasteiger partial charge < -0.3 is 9.84 Å². The lowest BCUT2D eigenvalue weighted by Gasteiger charge is -2.26. The molecule has 0 aromatic heterocycles. The molecular weight excluding hydrogens is 426 g/mol. The Morgan fingerprint density at radius 3 is 2.44 bits per heavy atom. The fourth-order valence-electron chi connectivity index (χ4n) is 3.80. The summed E-state index contributed by atoms with van der Waals surface area (Å²) in [5, 5.41) is 25.2. The van der Waals surface area contributed by atoms with E-state index in [1.807, 2.05) is 39.0 Å². The topological polar surface area (TPSA) is 86.0 Å². The third-order valence-electron chi connectivity index (χ3n) is 5.85. The molecular formula is C28H41N3O3. The van der Waals surface area contributed by atoms with Crippen molar-refractivity contribution in [2.24, 2.45) is 5.10 Å². The highest BCUT2D eigenvalue weighted by Crippen LogP contribution is 2.39. The number of rotatable bonds is 12. The van der Waals surface area contributed by atoms with Gasteiger partial charge in [0, 0.05) is 19.0 Å². The molecule has 1 aromatic rings. The van der Waals surface area contributed by atoms with E-state index >= 15 is 0 Å². The summed E-state index contributed by atoms with van der Waals surface area (Å²) in [4.78, 5) is 12.3. The molecule has 0 bridgehead atoms. The number of unbranched alkanes of at least 4 members (excludes halogenated alkanes) is 5. The maximum atomic E-state index is 12.3. The van der Waals surface area contributed by atoms with Crippen LogP contribution in [-0.4, -0.2) is 36.2 Å². The molecule has 0 saturated carbocycles. The molecule has 2 rings (SSSR count). The first-order valence-corrected chi connectivity index (χ1v) is 12.4. The number of nitrogens with one attached hydrogen (secondary N) is 1. The fraction of sp³-hybridized carbons (Fsp3) is 0.536. The van der Waals surface area contributed by atoms with Crippen molar-refractivity contribution >= 4 is 23.1 Å². The molecule has 0 spiro atoms. The molecule has 1 aliphatic rings. The van der Waals surface area contributed by atoms with Gasteiger partial charge in [-0.1, -0.05) is 78.0 Å². The van der Waals surface area contributed by atoms with Crippen molar-refractivity contribution in [2.45, 2.75) is 84.5 Å². The van der Waals surface area contributed by atoms with Crippen LogP contribution in [0.15, 0.2) is 41.5 Å². The highest BCUT2D eigenvalue weighted by molar-refractivity contribution is 6.50. The lowest BCUT2D eigenvalue weighted by atomic mass is 9.84. The zero-order valence-electron chi connectivity index (χ0n) is 21.5. The van der Waals surface area contributed by atoms with Gasteiger partial charge in [-0.05, 0) is 42.0 Å². The summed E-state index contributed by atoms with van der Waals surface area (Å²) >= 11 is 0. The van der Waals surface area contributed by atoms with E-state index in [0.29, 0.717) is 36.6 Å². The molecule has 6 nitrogen and oxygen atoms in total. The van der Waals surface area contributed by atoms with E-state index in [0.717, 1.165) is 24.0 Å². The first-order valence-electron chi connectivity index (χ1n) is 12.4. The minimum Gasteiger partial charge on any atom is -0.505 e. The predicted molar refractivity (Wildman–Crippen MR) is 141 cm³/mol. The SMILES string of the molecule is CCCCCCCCOC(=O)CCc1cc(N(C)/N=C2/C=CC=CC2=N)c(O)c(C(C)(C)C)c1. The summed E-state index contributed by atoms with van der Waals surface area (Å²) in [5.74, 6) is -0.0303. The number of phenolic OH excluding ortho intramolecular Hbond substituents is 1. The molecule has 0 unspecified atom stereocenters. The first kappa shape index (κ1) is 27.4. The highest BCUT2D eigenvalue weighted by Gasteiger charge is 2.23. The predicted octanol–water partition coefficient (Wildman–Crippen LogP) is 6.46. The van der Waals surface area contributed by atoms with Crippen LogP contribution >= 0.6 is 0 Å². The number of anilines is 1.